The fourth-order valence-electron chi connectivity index (χ4n) is 2.87. The molecule has 7 heteroatoms. The molecule has 3 rings (SSSR count). The third kappa shape index (κ3) is 4.74. The molecule has 6 nitrogen and oxygen atoms in total. The smallest absolute Gasteiger partial charge is 0.330 e. The predicted octanol–water partition coefficient (Wildman–Crippen LogP) is 5.01. The van der Waals surface area contributed by atoms with Crippen molar-refractivity contribution in [2.45, 2.75) is 33.2 Å². The lowest BCUT2D eigenvalue weighted by atomic mass is 10.0. The lowest BCUT2D eigenvalue weighted by Crippen LogP contribution is -2.24. The maximum atomic E-state index is 11.5. The van der Waals surface area contributed by atoms with Crippen LogP contribution in [-0.2, 0) is 15.1 Å². The standard InChI is InChI=1S/C22H25N3O3S/c1-6-28-19(26)12-9-16-14-29-21(24-16)18-13-23-25(22(2,3)4)20(18)15-7-10-17(27-5)11-8-15/h7-14H,6H2,1-5H3/b12-9+. The summed E-state index contributed by atoms with van der Waals surface area (Å²) in [7, 11) is 1.65. The van der Waals surface area contributed by atoms with Gasteiger partial charge in [-0.3, -0.25) is 4.68 Å². The van der Waals surface area contributed by atoms with Gasteiger partial charge in [0.15, 0.2) is 0 Å². The van der Waals surface area contributed by atoms with Gasteiger partial charge in [0.1, 0.15) is 10.8 Å². The molecule has 2 heterocycles. The van der Waals surface area contributed by atoms with Crippen molar-refractivity contribution in [3.63, 3.8) is 0 Å². The molecule has 0 amide bonds. The Bertz CT molecular complexity index is 1010. The molecule has 0 aliphatic heterocycles. The van der Waals surface area contributed by atoms with Crippen molar-refractivity contribution in [1.82, 2.24) is 14.8 Å². The molecule has 0 bridgehead atoms. The van der Waals surface area contributed by atoms with Gasteiger partial charge in [-0.2, -0.15) is 5.10 Å². The van der Waals surface area contributed by atoms with Gasteiger partial charge in [0.2, 0.25) is 0 Å². The normalized spacial score (nSPS) is 11.8. The van der Waals surface area contributed by atoms with E-state index in [4.69, 9.17) is 9.47 Å². The molecule has 3 aromatic rings. The first kappa shape index (κ1) is 20.8. The van der Waals surface area contributed by atoms with Gasteiger partial charge in [0.05, 0.1) is 42.4 Å². The third-order valence-corrected chi connectivity index (χ3v) is 5.09. The summed E-state index contributed by atoms with van der Waals surface area (Å²) in [6, 6.07) is 7.93. The van der Waals surface area contributed by atoms with Gasteiger partial charge in [-0.25, -0.2) is 9.78 Å². The number of hydrogen-bond acceptors (Lipinski definition) is 6. The van der Waals surface area contributed by atoms with E-state index < -0.39 is 0 Å². The first-order valence-corrected chi connectivity index (χ1v) is 10.2. The van der Waals surface area contributed by atoms with E-state index in [-0.39, 0.29) is 11.5 Å². The molecule has 0 atom stereocenters. The number of methoxy groups -OCH3 is 1. The molecule has 1 aromatic carbocycles. The van der Waals surface area contributed by atoms with Crippen LogP contribution in [0.4, 0.5) is 0 Å². The van der Waals surface area contributed by atoms with E-state index in [0.717, 1.165) is 27.6 Å². The van der Waals surface area contributed by atoms with Crippen LogP contribution in [0.5, 0.6) is 5.75 Å². The van der Waals surface area contributed by atoms with Crippen LogP contribution < -0.4 is 4.74 Å². The minimum Gasteiger partial charge on any atom is -0.497 e. The third-order valence-electron chi connectivity index (χ3n) is 4.20. The van der Waals surface area contributed by atoms with Gasteiger partial charge in [-0.05, 0) is 58.0 Å². The van der Waals surface area contributed by atoms with E-state index in [9.17, 15) is 4.79 Å². The van der Waals surface area contributed by atoms with Gasteiger partial charge in [0, 0.05) is 17.0 Å². The summed E-state index contributed by atoms with van der Waals surface area (Å²) in [5.74, 6) is 0.430. The highest BCUT2D eigenvalue weighted by molar-refractivity contribution is 7.13. The van der Waals surface area contributed by atoms with Crippen LogP contribution in [0.2, 0.25) is 0 Å². The zero-order valence-corrected chi connectivity index (χ0v) is 18.1. The molecule has 0 N–H and O–H groups in total. The predicted molar refractivity (Wildman–Crippen MR) is 116 cm³/mol. The van der Waals surface area contributed by atoms with Crippen molar-refractivity contribution in [2.24, 2.45) is 0 Å². The van der Waals surface area contributed by atoms with Gasteiger partial charge in [-0.15, -0.1) is 11.3 Å². The summed E-state index contributed by atoms with van der Waals surface area (Å²) < 4.78 is 12.2. The maximum Gasteiger partial charge on any atom is 0.330 e. The molecule has 0 fully saturated rings. The average Bonchev–Trinajstić information content (AvgIpc) is 3.33. The monoisotopic (exact) mass is 411 g/mol. The average molecular weight is 412 g/mol. The van der Waals surface area contributed by atoms with Crippen molar-refractivity contribution in [2.75, 3.05) is 13.7 Å². The van der Waals surface area contributed by atoms with E-state index >= 15 is 0 Å². The van der Waals surface area contributed by atoms with E-state index in [2.05, 4.69) is 30.9 Å². The number of nitrogens with zero attached hydrogens (tertiary/aromatic N) is 3. The second-order valence-electron chi connectivity index (χ2n) is 7.38. The fraction of sp³-hybridized carbons (Fsp3) is 0.318. The Hall–Kier alpha value is -2.93. The lowest BCUT2D eigenvalue weighted by molar-refractivity contribution is -0.137. The topological polar surface area (TPSA) is 66.2 Å². The minimum atomic E-state index is -0.374. The minimum absolute atomic E-state index is 0.197. The molecule has 0 saturated carbocycles. The van der Waals surface area contributed by atoms with E-state index in [1.54, 1.807) is 20.1 Å². The Labute approximate surface area is 174 Å². The second-order valence-corrected chi connectivity index (χ2v) is 8.24. The molecule has 0 unspecified atom stereocenters. The Balaban J connectivity index is 2.02. The van der Waals surface area contributed by atoms with Crippen molar-refractivity contribution < 1.29 is 14.3 Å². The molecule has 0 radical (unpaired) electrons. The highest BCUT2D eigenvalue weighted by Crippen LogP contribution is 2.37. The number of ether oxygens (including phenoxy) is 2. The summed E-state index contributed by atoms with van der Waals surface area (Å²) in [6.07, 6.45) is 4.91. The number of carbonyl (C=O) groups excluding carboxylic acids is 1. The molecule has 0 aliphatic carbocycles. The summed E-state index contributed by atoms with van der Waals surface area (Å²) in [4.78, 5) is 16.2. The number of esters is 1. The van der Waals surface area contributed by atoms with Crippen molar-refractivity contribution in [1.29, 1.82) is 0 Å². The highest BCUT2D eigenvalue weighted by atomic mass is 32.1. The molecule has 152 valence electrons. The number of hydrogen-bond donors (Lipinski definition) is 0. The van der Waals surface area contributed by atoms with Crippen LogP contribution in [-0.4, -0.2) is 34.5 Å². The van der Waals surface area contributed by atoms with E-state index in [1.165, 1.54) is 17.4 Å². The van der Waals surface area contributed by atoms with Gasteiger partial charge < -0.3 is 9.47 Å². The Morgan fingerprint density at radius 1 is 1.24 bits per heavy atom. The second kappa shape index (κ2) is 8.61. The molecule has 0 spiro atoms. The number of rotatable bonds is 6. The zero-order valence-electron chi connectivity index (χ0n) is 17.3. The van der Waals surface area contributed by atoms with Crippen molar-refractivity contribution in [3.8, 4) is 27.6 Å². The van der Waals surface area contributed by atoms with E-state index in [1.807, 2.05) is 40.5 Å². The van der Waals surface area contributed by atoms with Crippen LogP contribution >= 0.6 is 11.3 Å². The summed E-state index contributed by atoms with van der Waals surface area (Å²) in [5, 5.41) is 7.41. The van der Waals surface area contributed by atoms with Gasteiger partial charge in [-0.1, -0.05) is 0 Å². The Morgan fingerprint density at radius 3 is 2.59 bits per heavy atom. The quantitative estimate of drug-likeness (QED) is 0.421. The summed E-state index contributed by atoms with van der Waals surface area (Å²) in [5.41, 5.74) is 3.49. The number of aromatic nitrogens is 3. The number of thiazole rings is 1. The van der Waals surface area contributed by atoms with Gasteiger partial charge >= 0.3 is 5.97 Å². The van der Waals surface area contributed by atoms with Crippen molar-refractivity contribution in [3.05, 3.63) is 47.6 Å². The SMILES string of the molecule is CCOC(=O)/C=C/c1csc(-c2cnn(C(C)(C)C)c2-c2ccc(OC)cc2)n1. The number of carbonyl (C=O) groups is 1. The van der Waals surface area contributed by atoms with Gasteiger partial charge in [0.25, 0.3) is 0 Å². The molecule has 0 aliphatic rings. The molecule has 2 aromatic heterocycles. The van der Waals surface area contributed by atoms with Crippen LogP contribution in [0.15, 0.2) is 41.9 Å². The molecule has 0 saturated heterocycles. The molecular weight excluding hydrogens is 386 g/mol. The summed E-state index contributed by atoms with van der Waals surface area (Å²) in [6.45, 7) is 8.48. The van der Waals surface area contributed by atoms with E-state index in [0.29, 0.717) is 12.3 Å². The largest absolute Gasteiger partial charge is 0.497 e. The van der Waals surface area contributed by atoms with Crippen LogP contribution in [0, 0.1) is 0 Å². The Kier molecular flexibility index (Phi) is 6.17. The van der Waals surface area contributed by atoms with Crippen LogP contribution in [0.25, 0.3) is 27.9 Å². The molecule has 29 heavy (non-hydrogen) atoms. The van der Waals surface area contributed by atoms with Crippen LogP contribution in [0.3, 0.4) is 0 Å². The Morgan fingerprint density at radius 2 is 1.97 bits per heavy atom. The fourth-order valence-corrected chi connectivity index (χ4v) is 3.67. The molecular formula is C22H25N3O3S. The number of benzene rings is 1. The highest BCUT2D eigenvalue weighted by Gasteiger charge is 2.24. The first-order chi connectivity index (χ1) is 13.8. The van der Waals surface area contributed by atoms with Crippen LogP contribution in [0.1, 0.15) is 33.4 Å². The zero-order chi connectivity index (χ0) is 21.0. The summed E-state index contributed by atoms with van der Waals surface area (Å²) >= 11 is 1.52. The van der Waals surface area contributed by atoms with Crippen molar-refractivity contribution >= 4 is 23.4 Å². The maximum absolute atomic E-state index is 11.5. The lowest BCUT2D eigenvalue weighted by Gasteiger charge is -2.23. The first-order valence-electron chi connectivity index (χ1n) is 9.37.